The van der Waals surface area contributed by atoms with E-state index in [1.165, 1.54) is 16.7 Å². The number of hydrogen-bond acceptors (Lipinski definition) is 1. The van der Waals surface area contributed by atoms with Gasteiger partial charge in [0.2, 0.25) is 5.91 Å². The number of carbonyl (C=O) groups is 1. The molecular formula is C13H18ClNO. The van der Waals surface area contributed by atoms with Crippen molar-refractivity contribution < 1.29 is 4.79 Å². The maximum atomic E-state index is 11.2. The molecule has 1 atom stereocenters. The van der Waals surface area contributed by atoms with Gasteiger partial charge < -0.3 is 5.32 Å². The Kier molecular flexibility index (Phi) is 4.36. The molecule has 1 aromatic carbocycles. The van der Waals surface area contributed by atoms with E-state index in [2.05, 4.69) is 38.2 Å². The van der Waals surface area contributed by atoms with Gasteiger partial charge in [0.15, 0.2) is 0 Å². The second-order valence-electron chi connectivity index (χ2n) is 4.22. The van der Waals surface area contributed by atoms with E-state index in [9.17, 15) is 4.79 Å². The minimum atomic E-state index is -0.133. The molecule has 0 saturated carbocycles. The lowest BCUT2D eigenvalue weighted by atomic mass is 9.96. The smallest absolute Gasteiger partial charge is 0.235 e. The number of rotatable bonds is 3. The number of benzene rings is 1. The molecule has 0 spiro atoms. The summed E-state index contributed by atoms with van der Waals surface area (Å²) in [6.07, 6.45) is 0. The molecule has 0 fully saturated rings. The summed E-state index contributed by atoms with van der Waals surface area (Å²) in [6, 6.07) is 4.28. The summed E-state index contributed by atoms with van der Waals surface area (Å²) in [6.45, 7) is 8.20. The summed E-state index contributed by atoms with van der Waals surface area (Å²) in [5.74, 6) is -0.124. The van der Waals surface area contributed by atoms with Crippen LogP contribution in [0.4, 0.5) is 0 Å². The molecule has 2 nitrogen and oxygen atoms in total. The highest BCUT2D eigenvalue weighted by molar-refractivity contribution is 6.27. The van der Waals surface area contributed by atoms with Crippen LogP contribution in [0.2, 0.25) is 0 Å². The minimum Gasteiger partial charge on any atom is -0.349 e. The van der Waals surface area contributed by atoms with Gasteiger partial charge in [-0.15, -0.1) is 11.6 Å². The highest BCUT2D eigenvalue weighted by Crippen LogP contribution is 2.21. The number of aryl methyl sites for hydroxylation is 3. The monoisotopic (exact) mass is 239 g/mol. The number of alkyl halides is 1. The van der Waals surface area contributed by atoms with Crippen LogP contribution in [0, 0.1) is 20.8 Å². The van der Waals surface area contributed by atoms with Crippen LogP contribution in [0.25, 0.3) is 0 Å². The van der Waals surface area contributed by atoms with Gasteiger partial charge in [0.05, 0.1) is 6.04 Å². The molecule has 1 amide bonds. The first-order valence-corrected chi connectivity index (χ1v) is 5.92. The minimum absolute atomic E-state index is 0.00514. The van der Waals surface area contributed by atoms with Crippen molar-refractivity contribution in [3.05, 3.63) is 34.4 Å². The van der Waals surface area contributed by atoms with Crippen molar-refractivity contribution in [3.8, 4) is 0 Å². The van der Waals surface area contributed by atoms with Crippen LogP contribution >= 0.6 is 11.6 Å². The Morgan fingerprint density at radius 2 is 1.81 bits per heavy atom. The zero-order chi connectivity index (χ0) is 12.3. The number of nitrogens with one attached hydrogen (secondary N) is 1. The first-order chi connectivity index (χ1) is 7.45. The van der Waals surface area contributed by atoms with Gasteiger partial charge in [0, 0.05) is 0 Å². The molecule has 3 heteroatoms. The second kappa shape index (κ2) is 5.35. The summed E-state index contributed by atoms with van der Waals surface area (Å²) >= 11 is 5.47. The maximum absolute atomic E-state index is 11.2. The Hall–Kier alpha value is -1.02. The molecule has 0 unspecified atom stereocenters. The van der Waals surface area contributed by atoms with Crippen molar-refractivity contribution in [2.45, 2.75) is 33.7 Å². The van der Waals surface area contributed by atoms with Gasteiger partial charge in [0.25, 0.3) is 0 Å². The van der Waals surface area contributed by atoms with Gasteiger partial charge in [-0.25, -0.2) is 0 Å². The summed E-state index contributed by atoms with van der Waals surface area (Å²) in [4.78, 5) is 11.2. The predicted molar refractivity (Wildman–Crippen MR) is 67.9 cm³/mol. The lowest BCUT2D eigenvalue weighted by molar-refractivity contribution is -0.119. The predicted octanol–water partition coefficient (Wildman–Crippen LogP) is 3.03. The van der Waals surface area contributed by atoms with E-state index in [1.54, 1.807) is 0 Å². The Balaban J connectivity index is 2.95. The molecule has 1 rings (SSSR count). The van der Waals surface area contributed by atoms with Crippen LogP contribution in [0.5, 0.6) is 0 Å². The molecular weight excluding hydrogens is 222 g/mol. The molecule has 0 aliphatic carbocycles. The first kappa shape index (κ1) is 13.0. The normalized spacial score (nSPS) is 12.3. The highest BCUT2D eigenvalue weighted by atomic mass is 35.5. The molecule has 0 radical (unpaired) electrons. The molecule has 0 aliphatic heterocycles. The van der Waals surface area contributed by atoms with Crippen LogP contribution < -0.4 is 5.32 Å². The molecule has 0 aliphatic rings. The summed E-state index contributed by atoms with van der Waals surface area (Å²) < 4.78 is 0. The largest absolute Gasteiger partial charge is 0.349 e. The van der Waals surface area contributed by atoms with Crippen molar-refractivity contribution in [1.29, 1.82) is 0 Å². The zero-order valence-corrected chi connectivity index (χ0v) is 11.0. The van der Waals surface area contributed by atoms with E-state index in [0.717, 1.165) is 5.56 Å². The molecule has 0 aromatic heterocycles. The molecule has 1 N–H and O–H groups in total. The van der Waals surface area contributed by atoms with Crippen LogP contribution in [0.1, 0.15) is 35.2 Å². The lowest BCUT2D eigenvalue weighted by Gasteiger charge is -2.17. The van der Waals surface area contributed by atoms with E-state index in [0.29, 0.717) is 0 Å². The van der Waals surface area contributed by atoms with E-state index in [1.807, 2.05) is 6.92 Å². The Bertz CT molecular complexity index is 401. The van der Waals surface area contributed by atoms with Gasteiger partial charge >= 0.3 is 0 Å². The maximum Gasteiger partial charge on any atom is 0.235 e. The fraction of sp³-hybridized carbons (Fsp3) is 0.462. The Labute approximate surface area is 102 Å². The van der Waals surface area contributed by atoms with Crippen molar-refractivity contribution in [2.75, 3.05) is 5.88 Å². The summed E-state index contributed by atoms with van der Waals surface area (Å²) in [5, 5.41) is 2.86. The molecule has 0 saturated heterocycles. The van der Waals surface area contributed by atoms with Gasteiger partial charge in [0.1, 0.15) is 5.88 Å². The first-order valence-electron chi connectivity index (χ1n) is 5.38. The van der Waals surface area contributed by atoms with Gasteiger partial charge in [-0.1, -0.05) is 12.1 Å². The number of amides is 1. The van der Waals surface area contributed by atoms with Crippen molar-refractivity contribution in [1.82, 2.24) is 5.32 Å². The van der Waals surface area contributed by atoms with Gasteiger partial charge in [-0.3, -0.25) is 4.79 Å². The average molecular weight is 240 g/mol. The van der Waals surface area contributed by atoms with Gasteiger partial charge in [-0.2, -0.15) is 0 Å². The van der Waals surface area contributed by atoms with Crippen LogP contribution in [0.15, 0.2) is 12.1 Å². The van der Waals surface area contributed by atoms with Crippen molar-refractivity contribution >= 4 is 17.5 Å². The van der Waals surface area contributed by atoms with Crippen molar-refractivity contribution in [2.24, 2.45) is 0 Å². The fourth-order valence-corrected chi connectivity index (χ4v) is 1.88. The highest BCUT2D eigenvalue weighted by Gasteiger charge is 2.11. The third-order valence-electron chi connectivity index (χ3n) is 2.85. The van der Waals surface area contributed by atoms with Crippen molar-refractivity contribution in [3.63, 3.8) is 0 Å². The number of halogens is 1. The third-order valence-corrected chi connectivity index (χ3v) is 3.09. The van der Waals surface area contributed by atoms with E-state index >= 15 is 0 Å². The van der Waals surface area contributed by atoms with Gasteiger partial charge in [-0.05, 0) is 49.9 Å². The summed E-state index contributed by atoms with van der Waals surface area (Å²) in [5.41, 5.74) is 4.87. The molecule has 88 valence electrons. The topological polar surface area (TPSA) is 29.1 Å². The molecule has 1 aromatic rings. The van der Waals surface area contributed by atoms with E-state index in [-0.39, 0.29) is 17.8 Å². The lowest BCUT2D eigenvalue weighted by Crippen LogP contribution is -2.28. The van der Waals surface area contributed by atoms with Crippen LogP contribution in [-0.4, -0.2) is 11.8 Å². The van der Waals surface area contributed by atoms with E-state index in [4.69, 9.17) is 11.6 Å². The third kappa shape index (κ3) is 2.99. The molecule has 0 heterocycles. The zero-order valence-electron chi connectivity index (χ0n) is 10.2. The van der Waals surface area contributed by atoms with E-state index < -0.39 is 0 Å². The quantitative estimate of drug-likeness (QED) is 0.808. The Morgan fingerprint density at radius 3 is 2.38 bits per heavy atom. The second-order valence-corrected chi connectivity index (χ2v) is 4.48. The molecule has 16 heavy (non-hydrogen) atoms. The molecule has 0 bridgehead atoms. The standard InChI is InChI=1S/C13H18ClNO/c1-8-5-10(3)12(6-9(8)2)11(4)15-13(16)7-14/h5-6,11H,7H2,1-4H3,(H,15,16)/t11-/m0/s1. The number of carbonyl (C=O) groups excluding carboxylic acids is 1. The SMILES string of the molecule is Cc1cc(C)c([C@H](C)NC(=O)CCl)cc1C. The fourth-order valence-electron chi connectivity index (χ4n) is 1.81. The summed E-state index contributed by atoms with van der Waals surface area (Å²) in [7, 11) is 0. The number of hydrogen-bond donors (Lipinski definition) is 1. The average Bonchev–Trinajstić information content (AvgIpc) is 2.23. The van der Waals surface area contributed by atoms with Crippen LogP contribution in [-0.2, 0) is 4.79 Å². The Morgan fingerprint density at radius 1 is 1.25 bits per heavy atom. The van der Waals surface area contributed by atoms with Crippen LogP contribution in [0.3, 0.4) is 0 Å².